The minimum atomic E-state index is -1.16. The number of para-hydroxylation sites is 3. The van der Waals surface area contributed by atoms with Crippen molar-refractivity contribution in [2.75, 3.05) is 0 Å². The molecule has 190 valence electrons. The number of halogens is 4. The highest BCUT2D eigenvalue weighted by Gasteiger charge is 2.30. The van der Waals surface area contributed by atoms with E-state index in [9.17, 15) is 0 Å². The fourth-order valence-corrected chi connectivity index (χ4v) is 6.59. The molecule has 0 saturated carbocycles. The Morgan fingerprint density at radius 1 is 0.450 bits per heavy atom. The molecule has 0 spiro atoms. The maximum atomic E-state index is 16.4. The molecule has 6 heteroatoms. The molecule has 0 aliphatic rings. The first-order valence-electron chi connectivity index (χ1n) is 12.8. The zero-order valence-corrected chi connectivity index (χ0v) is 20.5. The Morgan fingerprint density at radius 3 is 1.88 bits per heavy atom. The Hall–Kier alpha value is -5.10. The monoisotopic (exact) mass is 529 g/mol. The number of fused-ring (bicyclic) bond motifs is 8. The van der Waals surface area contributed by atoms with Gasteiger partial charge in [-0.05, 0) is 36.4 Å². The topological polar surface area (TPSA) is 18.1 Å². The summed E-state index contributed by atoms with van der Waals surface area (Å²) in [6.45, 7) is 0. The fraction of sp³-hybridized carbons (Fsp3) is 0. The minimum absolute atomic E-state index is 0.0808. The Kier molecular flexibility index (Phi) is 3.98. The summed E-state index contributed by atoms with van der Waals surface area (Å²) in [6, 6.07) is 26.7. The van der Waals surface area contributed by atoms with E-state index in [0.29, 0.717) is 32.6 Å². The van der Waals surface area contributed by atoms with E-state index in [-0.39, 0.29) is 37.9 Å². The second-order valence-corrected chi connectivity index (χ2v) is 10.2. The van der Waals surface area contributed by atoms with Crippen LogP contribution < -0.4 is 0 Å². The fourth-order valence-electron chi connectivity index (χ4n) is 6.59. The highest BCUT2D eigenvalue weighted by atomic mass is 19.2. The molecule has 40 heavy (non-hydrogen) atoms. The minimum Gasteiger partial charge on any atom is -0.455 e. The van der Waals surface area contributed by atoms with E-state index in [1.165, 1.54) is 6.07 Å². The van der Waals surface area contributed by atoms with Gasteiger partial charge in [0.2, 0.25) is 0 Å². The summed E-state index contributed by atoms with van der Waals surface area (Å²) in [5, 5.41) is 1.84. The van der Waals surface area contributed by atoms with Crippen molar-refractivity contribution in [1.29, 1.82) is 0 Å². The molecule has 0 bridgehead atoms. The molecule has 2 heterocycles. The van der Waals surface area contributed by atoms with Crippen molar-refractivity contribution in [1.82, 2.24) is 4.57 Å². The van der Waals surface area contributed by atoms with Gasteiger partial charge in [0.05, 0.1) is 16.4 Å². The average Bonchev–Trinajstić information content (AvgIpc) is 3.53. The first-order valence-corrected chi connectivity index (χ1v) is 12.8. The van der Waals surface area contributed by atoms with Crippen LogP contribution in [-0.2, 0) is 0 Å². The van der Waals surface area contributed by atoms with Gasteiger partial charge < -0.3 is 8.98 Å². The number of aromatic nitrogens is 1. The third kappa shape index (κ3) is 2.45. The van der Waals surface area contributed by atoms with Crippen LogP contribution in [0.15, 0.2) is 95.4 Å². The van der Waals surface area contributed by atoms with Crippen molar-refractivity contribution >= 4 is 76.1 Å². The number of rotatable bonds is 1. The smallest absolute Gasteiger partial charge is 0.171 e. The Morgan fingerprint density at radius 2 is 1.07 bits per heavy atom. The average molecular weight is 529 g/mol. The van der Waals surface area contributed by atoms with Crippen molar-refractivity contribution < 1.29 is 22.0 Å². The molecule has 2 nitrogen and oxygen atoms in total. The van der Waals surface area contributed by atoms with Gasteiger partial charge in [-0.25, -0.2) is 17.6 Å². The first-order chi connectivity index (χ1) is 19.5. The second-order valence-electron chi connectivity index (χ2n) is 10.2. The lowest BCUT2D eigenvalue weighted by Gasteiger charge is -2.16. The van der Waals surface area contributed by atoms with Gasteiger partial charge in [-0.2, -0.15) is 0 Å². The van der Waals surface area contributed by atoms with Crippen LogP contribution in [-0.4, -0.2) is 4.57 Å². The molecule has 9 aromatic rings. The van der Waals surface area contributed by atoms with Gasteiger partial charge in [0.25, 0.3) is 0 Å². The van der Waals surface area contributed by atoms with E-state index < -0.39 is 23.3 Å². The number of nitrogens with zero attached hydrogens (tertiary/aromatic N) is 1. The van der Waals surface area contributed by atoms with Gasteiger partial charge in [0.15, 0.2) is 23.3 Å². The molecule has 0 N–H and O–H groups in total. The Labute approximate surface area is 222 Å². The molecule has 0 aliphatic carbocycles. The van der Waals surface area contributed by atoms with Gasteiger partial charge in [-0.15, -0.1) is 0 Å². The highest BCUT2D eigenvalue weighted by molar-refractivity contribution is 6.36. The summed E-state index contributed by atoms with van der Waals surface area (Å²) in [5.41, 5.74) is 2.49. The van der Waals surface area contributed by atoms with E-state index in [1.54, 1.807) is 30.3 Å². The van der Waals surface area contributed by atoms with E-state index in [4.69, 9.17) is 4.42 Å². The van der Waals surface area contributed by atoms with Crippen molar-refractivity contribution in [3.8, 4) is 5.69 Å². The zero-order chi connectivity index (χ0) is 26.9. The molecule has 0 fully saturated rings. The molecule has 0 aliphatic heterocycles. The molecule has 0 amide bonds. The number of furan rings is 1. The van der Waals surface area contributed by atoms with Crippen LogP contribution in [0.4, 0.5) is 17.6 Å². The number of hydrogen-bond donors (Lipinski definition) is 0. The van der Waals surface area contributed by atoms with E-state index in [0.717, 1.165) is 11.2 Å². The summed E-state index contributed by atoms with van der Waals surface area (Å²) in [6.07, 6.45) is 0. The maximum Gasteiger partial charge on any atom is 0.171 e. The molecular formula is C34H15F4NO. The largest absolute Gasteiger partial charge is 0.455 e. The van der Waals surface area contributed by atoms with Crippen molar-refractivity contribution in [2.24, 2.45) is 0 Å². The predicted octanol–water partition coefficient (Wildman–Crippen LogP) is 10.1. The third-order valence-electron chi connectivity index (χ3n) is 8.19. The number of hydrogen-bond acceptors (Lipinski definition) is 1. The van der Waals surface area contributed by atoms with E-state index in [1.807, 2.05) is 59.2 Å². The summed E-state index contributed by atoms with van der Waals surface area (Å²) in [5.74, 6) is -4.50. The summed E-state index contributed by atoms with van der Waals surface area (Å²) >= 11 is 0. The normalized spacial score (nSPS) is 12.5. The predicted molar refractivity (Wildman–Crippen MR) is 152 cm³/mol. The lowest BCUT2D eigenvalue weighted by atomic mass is 9.89. The molecule has 0 atom stereocenters. The van der Waals surface area contributed by atoms with Crippen LogP contribution in [0.25, 0.3) is 81.7 Å². The second kappa shape index (κ2) is 7.30. The summed E-state index contributed by atoms with van der Waals surface area (Å²) in [7, 11) is 0. The van der Waals surface area contributed by atoms with Gasteiger partial charge in [0, 0.05) is 54.2 Å². The standard InChI is InChI=1S/C34H15F4NO/c35-30-20-14-19-17-10-5-7-13-24(17)40-34(19)29-27(20)26-21(31(36)33(29)38)15-23-25(28(26)32(30)37)18-11-4-6-12-22(18)39(23)16-8-2-1-3-9-16/h1-15H. The lowest BCUT2D eigenvalue weighted by Crippen LogP contribution is -2.00. The summed E-state index contributed by atoms with van der Waals surface area (Å²) in [4.78, 5) is 0. The molecule has 0 unspecified atom stereocenters. The molecule has 0 saturated heterocycles. The molecule has 2 aromatic heterocycles. The summed E-state index contributed by atoms with van der Waals surface area (Å²) < 4.78 is 72.6. The van der Waals surface area contributed by atoms with Crippen LogP contribution >= 0.6 is 0 Å². The first kappa shape index (κ1) is 21.8. The van der Waals surface area contributed by atoms with Gasteiger partial charge in [-0.1, -0.05) is 54.6 Å². The number of benzene rings is 7. The molecule has 0 radical (unpaired) electrons. The van der Waals surface area contributed by atoms with E-state index in [2.05, 4.69) is 0 Å². The lowest BCUT2D eigenvalue weighted by molar-refractivity contribution is 0.521. The quantitative estimate of drug-likeness (QED) is 0.153. The van der Waals surface area contributed by atoms with E-state index >= 15 is 17.6 Å². The van der Waals surface area contributed by atoms with Crippen LogP contribution in [0.2, 0.25) is 0 Å². The van der Waals surface area contributed by atoms with Crippen LogP contribution in [0, 0.1) is 23.3 Å². The zero-order valence-electron chi connectivity index (χ0n) is 20.5. The third-order valence-corrected chi connectivity index (χ3v) is 8.19. The van der Waals surface area contributed by atoms with Gasteiger partial charge >= 0.3 is 0 Å². The van der Waals surface area contributed by atoms with Crippen LogP contribution in [0.1, 0.15) is 0 Å². The maximum absolute atomic E-state index is 16.4. The van der Waals surface area contributed by atoms with Crippen LogP contribution in [0.3, 0.4) is 0 Å². The van der Waals surface area contributed by atoms with Gasteiger partial charge in [0.1, 0.15) is 11.2 Å². The molecular weight excluding hydrogens is 514 g/mol. The van der Waals surface area contributed by atoms with Gasteiger partial charge in [-0.3, -0.25) is 0 Å². The van der Waals surface area contributed by atoms with Crippen molar-refractivity contribution in [3.63, 3.8) is 0 Å². The van der Waals surface area contributed by atoms with Crippen molar-refractivity contribution in [2.45, 2.75) is 0 Å². The van der Waals surface area contributed by atoms with Crippen LogP contribution in [0.5, 0.6) is 0 Å². The molecule has 9 rings (SSSR count). The SMILES string of the molecule is Fc1c(F)c2c3c(cc4c2c2ccccc2n4-c2ccccc2)c(F)c(F)c2c4oc5ccccc5c4cc1c23. The Bertz CT molecular complexity index is 2530. The molecule has 7 aromatic carbocycles. The van der Waals surface area contributed by atoms with Crippen molar-refractivity contribution in [3.05, 3.63) is 114 Å². The highest BCUT2D eigenvalue weighted by Crippen LogP contribution is 2.49. The Balaban J connectivity index is 1.63.